The summed E-state index contributed by atoms with van der Waals surface area (Å²) in [5, 5.41) is 7.77. The van der Waals surface area contributed by atoms with Crippen molar-refractivity contribution in [1.82, 2.24) is 24.9 Å². The number of hydrogen-bond acceptors (Lipinski definition) is 4. The second-order valence-electron chi connectivity index (χ2n) is 6.52. The zero-order valence-electron chi connectivity index (χ0n) is 14.0. The van der Waals surface area contributed by atoms with Gasteiger partial charge in [0.05, 0.1) is 17.6 Å². The van der Waals surface area contributed by atoms with Crippen LogP contribution in [0, 0.1) is 12.8 Å². The summed E-state index contributed by atoms with van der Waals surface area (Å²) in [5.74, 6) is 0.448. The Bertz CT molecular complexity index is 963. The molecule has 3 aromatic heterocycles. The number of halogens is 1. The third-order valence-corrected chi connectivity index (χ3v) is 4.77. The lowest BCUT2D eigenvalue weighted by atomic mass is 10.2. The molecular weight excluding hydrogens is 338 g/mol. The normalized spacial score (nSPS) is 15.3. The van der Waals surface area contributed by atoms with Crippen LogP contribution in [0.1, 0.15) is 35.8 Å². The molecule has 0 aliphatic heterocycles. The maximum absolute atomic E-state index is 12.6. The summed E-state index contributed by atoms with van der Waals surface area (Å²) in [4.78, 5) is 21.6. The first-order valence-electron chi connectivity index (χ1n) is 8.32. The van der Waals surface area contributed by atoms with Crippen molar-refractivity contribution in [2.75, 3.05) is 0 Å². The summed E-state index contributed by atoms with van der Waals surface area (Å²) >= 11 is 5.99. The van der Waals surface area contributed by atoms with Gasteiger partial charge in [-0.25, -0.2) is 14.5 Å². The van der Waals surface area contributed by atoms with Gasteiger partial charge in [-0.2, -0.15) is 5.10 Å². The summed E-state index contributed by atoms with van der Waals surface area (Å²) in [6.07, 6.45) is 3.93. The van der Waals surface area contributed by atoms with Crippen molar-refractivity contribution in [2.45, 2.75) is 32.7 Å². The lowest BCUT2D eigenvalue weighted by Crippen LogP contribution is -2.34. The molecule has 1 fully saturated rings. The van der Waals surface area contributed by atoms with Gasteiger partial charge in [-0.1, -0.05) is 17.7 Å². The van der Waals surface area contributed by atoms with Crippen LogP contribution in [0.15, 0.2) is 30.5 Å². The smallest absolute Gasteiger partial charge is 0.256 e. The Hall–Kier alpha value is -2.47. The standard InChI is InChI=1S/C18H18ClN5O/c1-10-8-15(14-4-3-5-16(19)22-14)23-17-13(9-20-24(10)17)18(25)21-11(2)12-6-7-12/h3-5,8-9,11-12H,6-7H2,1-2H3,(H,21,25). The molecule has 3 aromatic rings. The monoisotopic (exact) mass is 355 g/mol. The van der Waals surface area contributed by atoms with E-state index >= 15 is 0 Å². The van der Waals surface area contributed by atoms with E-state index in [-0.39, 0.29) is 11.9 Å². The van der Waals surface area contributed by atoms with E-state index in [1.165, 1.54) is 12.8 Å². The Morgan fingerprint density at radius 3 is 2.84 bits per heavy atom. The maximum Gasteiger partial charge on any atom is 0.256 e. The van der Waals surface area contributed by atoms with Gasteiger partial charge in [-0.3, -0.25) is 4.79 Å². The highest BCUT2D eigenvalue weighted by Gasteiger charge is 2.30. The van der Waals surface area contributed by atoms with Gasteiger partial charge >= 0.3 is 0 Å². The van der Waals surface area contributed by atoms with Crippen LogP contribution in [-0.2, 0) is 0 Å². The number of nitrogens with zero attached hydrogens (tertiary/aromatic N) is 4. The van der Waals surface area contributed by atoms with E-state index in [0.717, 1.165) is 5.69 Å². The molecule has 1 aliphatic carbocycles. The van der Waals surface area contributed by atoms with Crippen LogP contribution in [0.3, 0.4) is 0 Å². The van der Waals surface area contributed by atoms with Crippen molar-refractivity contribution in [2.24, 2.45) is 5.92 Å². The van der Waals surface area contributed by atoms with E-state index in [1.54, 1.807) is 16.8 Å². The molecule has 1 unspecified atom stereocenters. The summed E-state index contributed by atoms with van der Waals surface area (Å²) in [7, 11) is 0. The fourth-order valence-corrected chi connectivity index (χ4v) is 3.12. The first-order valence-corrected chi connectivity index (χ1v) is 8.70. The zero-order chi connectivity index (χ0) is 17.6. The molecule has 25 heavy (non-hydrogen) atoms. The molecule has 1 atom stereocenters. The third kappa shape index (κ3) is 3.09. The van der Waals surface area contributed by atoms with Crippen LogP contribution in [0.25, 0.3) is 17.0 Å². The number of amides is 1. The van der Waals surface area contributed by atoms with E-state index < -0.39 is 0 Å². The maximum atomic E-state index is 12.6. The SMILES string of the molecule is Cc1cc(-c2cccc(Cl)n2)nc2c(C(=O)NC(C)C3CC3)cnn12. The Kier molecular flexibility index (Phi) is 3.92. The number of rotatable bonds is 4. The largest absolute Gasteiger partial charge is 0.349 e. The van der Waals surface area contributed by atoms with Gasteiger partial charge in [0.2, 0.25) is 0 Å². The van der Waals surface area contributed by atoms with E-state index in [2.05, 4.69) is 20.4 Å². The Morgan fingerprint density at radius 2 is 2.12 bits per heavy atom. The Balaban J connectivity index is 1.74. The van der Waals surface area contributed by atoms with Gasteiger partial charge < -0.3 is 5.32 Å². The number of carbonyl (C=O) groups excluding carboxylic acids is 1. The van der Waals surface area contributed by atoms with Crippen molar-refractivity contribution in [3.8, 4) is 11.4 Å². The van der Waals surface area contributed by atoms with E-state index in [0.29, 0.717) is 33.7 Å². The second-order valence-corrected chi connectivity index (χ2v) is 6.91. The average Bonchev–Trinajstić information content (AvgIpc) is 3.34. The van der Waals surface area contributed by atoms with Gasteiger partial charge in [-0.05, 0) is 50.8 Å². The fraction of sp³-hybridized carbons (Fsp3) is 0.333. The topological polar surface area (TPSA) is 72.2 Å². The second kappa shape index (κ2) is 6.11. The fourth-order valence-electron chi connectivity index (χ4n) is 2.95. The first kappa shape index (κ1) is 16.0. The van der Waals surface area contributed by atoms with Gasteiger partial charge in [0.1, 0.15) is 10.7 Å². The zero-order valence-corrected chi connectivity index (χ0v) is 14.8. The molecule has 4 rings (SSSR count). The highest BCUT2D eigenvalue weighted by atomic mass is 35.5. The molecule has 0 spiro atoms. The van der Waals surface area contributed by atoms with E-state index in [9.17, 15) is 4.79 Å². The minimum Gasteiger partial charge on any atom is -0.349 e. The predicted molar refractivity (Wildman–Crippen MR) is 95.6 cm³/mol. The highest BCUT2D eigenvalue weighted by Crippen LogP contribution is 2.32. The van der Waals surface area contributed by atoms with Crippen molar-refractivity contribution in [3.63, 3.8) is 0 Å². The molecule has 0 saturated heterocycles. The van der Waals surface area contributed by atoms with Gasteiger partial charge in [0, 0.05) is 11.7 Å². The molecule has 0 radical (unpaired) electrons. The van der Waals surface area contributed by atoms with Crippen LogP contribution in [0.5, 0.6) is 0 Å². The number of aromatic nitrogens is 4. The van der Waals surface area contributed by atoms with Crippen molar-refractivity contribution < 1.29 is 4.79 Å². The van der Waals surface area contributed by atoms with Gasteiger partial charge in [0.25, 0.3) is 5.91 Å². The van der Waals surface area contributed by atoms with Crippen molar-refractivity contribution >= 4 is 23.2 Å². The minimum absolute atomic E-state index is 0.141. The summed E-state index contributed by atoms with van der Waals surface area (Å²) in [6, 6.07) is 7.43. The Labute approximate surface area is 150 Å². The molecule has 1 saturated carbocycles. The van der Waals surface area contributed by atoms with E-state index in [1.807, 2.05) is 32.0 Å². The van der Waals surface area contributed by atoms with Crippen LogP contribution in [-0.4, -0.2) is 31.5 Å². The number of pyridine rings is 1. The van der Waals surface area contributed by atoms with Crippen molar-refractivity contribution in [3.05, 3.63) is 46.9 Å². The summed E-state index contributed by atoms with van der Waals surface area (Å²) in [6.45, 7) is 3.96. The molecule has 1 aliphatic rings. The quantitative estimate of drug-likeness (QED) is 0.729. The lowest BCUT2D eigenvalue weighted by molar-refractivity contribution is 0.0937. The molecule has 6 nitrogen and oxygen atoms in total. The van der Waals surface area contributed by atoms with Crippen LogP contribution < -0.4 is 5.32 Å². The molecule has 1 N–H and O–H groups in total. The number of fused-ring (bicyclic) bond motifs is 1. The van der Waals surface area contributed by atoms with Gasteiger partial charge in [0.15, 0.2) is 5.65 Å². The minimum atomic E-state index is -0.141. The highest BCUT2D eigenvalue weighted by molar-refractivity contribution is 6.29. The first-order chi connectivity index (χ1) is 12.0. The number of carbonyl (C=O) groups is 1. The summed E-state index contributed by atoms with van der Waals surface area (Å²) in [5.41, 5.74) is 3.20. The number of hydrogen-bond donors (Lipinski definition) is 1. The average molecular weight is 356 g/mol. The number of nitrogens with one attached hydrogen (secondary N) is 1. The van der Waals surface area contributed by atoms with Crippen molar-refractivity contribution in [1.29, 1.82) is 0 Å². The lowest BCUT2D eigenvalue weighted by Gasteiger charge is -2.12. The van der Waals surface area contributed by atoms with Crippen LogP contribution in [0.4, 0.5) is 0 Å². The molecule has 1 amide bonds. The van der Waals surface area contributed by atoms with Gasteiger partial charge in [-0.15, -0.1) is 0 Å². The molecule has 0 bridgehead atoms. The summed E-state index contributed by atoms with van der Waals surface area (Å²) < 4.78 is 1.67. The molecule has 7 heteroatoms. The predicted octanol–water partition coefficient (Wildman–Crippen LogP) is 3.28. The number of aryl methyl sites for hydroxylation is 1. The molecule has 0 aromatic carbocycles. The van der Waals surface area contributed by atoms with Crippen LogP contribution in [0.2, 0.25) is 5.15 Å². The Morgan fingerprint density at radius 1 is 1.32 bits per heavy atom. The van der Waals surface area contributed by atoms with E-state index in [4.69, 9.17) is 11.6 Å². The molecule has 128 valence electrons. The molecular formula is C18H18ClN5O. The molecule has 3 heterocycles. The third-order valence-electron chi connectivity index (χ3n) is 4.56. The van der Waals surface area contributed by atoms with Crippen LogP contribution >= 0.6 is 11.6 Å².